The first-order valence-electron chi connectivity index (χ1n) is 4.21. The van der Waals surface area contributed by atoms with Gasteiger partial charge in [0.15, 0.2) is 0 Å². The van der Waals surface area contributed by atoms with E-state index < -0.39 is 0 Å². The van der Waals surface area contributed by atoms with Gasteiger partial charge in [0.25, 0.3) is 0 Å². The van der Waals surface area contributed by atoms with Gasteiger partial charge in [-0.1, -0.05) is 0 Å². The monoisotopic (exact) mass is 174 g/mol. The van der Waals surface area contributed by atoms with E-state index in [-0.39, 0.29) is 0 Å². The summed E-state index contributed by atoms with van der Waals surface area (Å²) >= 11 is 1.93. The highest BCUT2D eigenvalue weighted by molar-refractivity contribution is 7.98. The molecule has 0 saturated carbocycles. The minimum absolute atomic E-state index is 0.918. The molecule has 0 aromatic heterocycles. The molecule has 0 amide bonds. The first-order valence-corrected chi connectivity index (χ1v) is 5.60. The highest BCUT2D eigenvalue weighted by Gasteiger charge is 2.17. The number of rotatable bonds is 5. The minimum atomic E-state index is 0.918. The molecule has 1 fully saturated rings. The Balaban J connectivity index is 1.95. The number of nitrogens with one attached hydrogen (secondary N) is 1. The fraction of sp³-hybridized carbons (Fsp3) is 1.00. The molecule has 1 saturated heterocycles. The van der Waals surface area contributed by atoms with Gasteiger partial charge >= 0.3 is 0 Å². The van der Waals surface area contributed by atoms with Crippen LogP contribution in [0.4, 0.5) is 0 Å². The second kappa shape index (κ2) is 5.01. The van der Waals surface area contributed by atoms with Crippen LogP contribution in [0.3, 0.4) is 0 Å². The van der Waals surface area contributed by atoms with Gasteiger partial charge in [-0.3, -0.25) is 0 Å². The van der Waals surface area contributed by atoms with Gasteiger partial charge in [-0.25, -0.2) is 0 Å². The van der Waals surface area contributed by atoms with Crippen molar-refractivity contribution in [1.29, 1.82) is 0 Å². The van der Waals surface area contributed by atoms with E-state index in [0.717, 1.165) is 5.92 Å². The van der Waals surface area contributed by atoms with Crippen LogP contribution in [-0.2, 0) is 0 Å². The van der Waals surface area contributed by atoms with Crippen LogP contribution in [0, 0.1) is 5.92 Å². The van der Waals surface area contributed by atoms with E-state index in [1.807, 2.05) is 11.8 Å². The number of nitrogens with zero attached hydrogens (tertiary/aromatic N) is 1. The molecule has 3 heteroatoms. The van der Waals surface area contributed by atoms with E-state index in [4.69, 9.17) is 0 Å². The quantitative estimate of drug-likeness (QED) is 0.653. The maximum absolute atomic E-state index is 3.29. The summed E-state index contributed by atoms with van der Waals surface area (Å²) in [7, 11) is 2.22. The number of thioether (sulfide) groups is 1. The van der Waals surface area contributed by atoms with Crippen LogP contribution in [0.15, 0.2) is 0 Å². The topological polar surface area (TPSA) is 15.3 Å². The number of hydrogen-bond donors (Lipinski definition) is 1. The summed E-state index contributed by atoms with van der Waals surface area (Å²) in [4.78, 5) is 2.43. The molecule has 0 unspecified atom stereocenters. The predicted molar refractivity (Wildman–Crippen MR) is 52.2 cm³/mol. The highest BCUT2D eigenvalue weighted by atomic mass is 32.2. The van der Waals surface area contributed by atoms with Crippen molar-refractivity contribution < 1.29 is 0 Å². The zero-order valence-corrected chi connectivity index (χ0v) is 8.28. The second-order valence-electron chi connectivity index (χ2n) is 3.28. The van der Waals surface area contributed by atoms with E-state index in [0.29, 0.717) is 0 Å². The zero-order valence-electron chi connectivity index (χ0n) is 7.47. The van der Waals surface area contributed by atoms with Crippen molar-refractivity contribution in [1.82, 2.24) is 10.2 Å². The summed E-state index contributed by atoms with van der Waals surface area (Å²) in [6.07, 6.45) is 2.17. The van der Waals surface area contributed by atoms with Gasteiger partial charge in [0.05, 0.1) is 0 Å². The van der Waals surface area contributed by atoms with Crippen LogP contribution >= 0.6 is 11.8 Å². The van der Waals surface area contributed by atoms with Crippen molar-refractivity contribution in [2.24, 2.45) is 5.92 Å². The molecule has 1 heterocycles. The Hall–Kier alpha value is 0.270. The highest BCUT2D eigenvalue weighted by Crippen LogP contribution is 2.04. The first-order chi connectivity index (χ1) is 5.33. The maximum Gasteiger partial charge on any atom is 0.00693 e. The summed E-state index contributed by atoms with van der Waals surface area (Å²) in [5.41, 5.74) is 0. The van der Waals surface area contributed by atoms with Crippen molar-refractivity contribution >= 4 is 11.8 Å². The van der Waals surface area contributed by atoms with Gasteiger partial charge < -0.3 is 10.2 Å². The SMILES string of the molecule is CSCCN(C)CC1CNC1. The third kappa shape index (κ3) is 3.45. The molecule has 1 aliphatic heterocycles. The lowest BCUT2D eigenvalue weighted by Crippen LogP contribution is -2.47. The Bertz CT molecular complexity index is 104. The minimum Gasteiger partial charge on any atom is -0.316 e. The van der Waals surface area contributed by atoms with E-state index in [1.54, 1.807) is 0 Å². The molecule has 1 N–H and O–H groups in total. The molecule has 0 aromatic rings. The van der Waals surface area contributed by atoms with Crippen molar-refractivity contribution in [2.75, 3.05) is 45.2 Å². The summed E-state index contributed by atoms with van der Waals surface area (Å²) in [5, 5.41) is 3.29. The lowest BCUT2D eigenvalue weighted by molar-refractivity contribution is 0.232. The zero-order chi connectivity index (χ0) is 8.10. The molecule has 1 rings (SSSR count). The molecule has 11 heavy (non-hydrogen) atoms. The van der Waals surface area contributed by atoms with Gasteiger partial charge in [-0.15, -0.1) is 0 Å². The Morgan fingerprint density at radius 3 is 2.73 bits per heavy atom. The molecular weight excluding hydrogens is 156 g/mol. The van der Waals surface area contributed by atoms with Gasteiger partial charge in [-0.2, -0.15) is 11.8 Å². The average molecular weight is 174 g/mol. The molecule has 0 aromatic carbocycles. The molecule has 0 radical (unpaired) electrons. The van der Waals surface area contributed by atoms with E-state index >= 15 is 0 Å². The fourth-order valence-corrected chi connectivity index (χ4v) is 1.75. The standard InChI is InChI=1S/C8H18N2S/c1-10(3-4-11-2)7-8-5-9-6-8/h8-9H,3-7H2,1-2H3. The van der Waals surface area contributed by atoms with Crippen LogP contribution < -0.4 is 5.32 Å². The van der Waals surface area contributed by atoms with Crippen LogP contribution in [-0.4, -0.2) is 50.1 Å². The van der Waals surface area contributed by atoms with Crippen molar-refractivity contribution in [3.05, 3.63) is 0 Å². The third-order valence-electron chi connectivity index (χ3n) is 2.11. The van der Waals surface area contributed by atoms with Gasteiger partial charge in [-0.05, 0) is 19.2 Å². The summed E-state index contributed by atoms with van der Waals surface area (Å²) in [6.45, 7) is 4.96. The van der Waals surface area contributed by atoms with Gasteiger partial charge in [0.2, 0.25) is 0 Å². The summed E-state index contributed by atoms with van der Waals surface area (Å²) in [5.74, 6) is 2.18. The van der Waals surface area contributed by atoms with E-state index in [1.165, 1.54) is 31.9 Å². The summed E-state index contributed by atoms with van der Waals surface area (Å²) in [6, 6.07) is 0. The largest absolute Gasteiger partial charge is 0.316 e. The Morgan fingerprint density at radius 1 is 1.55 bits per heavy atom. The molecule has 0 spiro atoms. The molecule has 66 valence electrons. The van der Waals surface area contributed by atoms with Crippen LogP contribution in [0.2, 0.25) is 0 Å². The van der Waals surface area contributed by atoms with Gasteiger partial charge in [0, 0.05) is 31.9 Å². The fourth-order valence-electron chi connectivity index (χ4n) is 1.26. The molecular formula is C8H18N2S. The summed E-state index contributed by atoms with van der Waals surface area (Å²) < 4.78 is 0. The maximum atomic E-state index is 3.29. The normalized spacial score (nSPS) is 18.8. The van der Waals surface area contributed by atoms with Crippen LogP contribution in [0.25, 0.3) is 0 Å². The molecule has 0 aliphatic carbocycles. The van der Waals surface area contributed by atoms with Crippen LogP contribution in [0.1, 0.15) is 0 Å². The van der Waals surface area contributed by atoms with E-state index in [9.17, 15) is 0 Å². The van der Waals surface area contributed by atoms with Crippen molar-refractivity contribution in [3.63, 3.8) is 0 Å². The van der Waals surface area contributed by atoms with Crippen molar-refractivity contribution in [3.8, 4) is 0 Å². The average Bonchev–Trinajstić information content (AvgIpc) is 1.93. The smallest absolute Gasteiger partial charge is 0.00693 e. The van der Waals surface area contributed by atoms with Crippen molar-refractivity contribution in [2.45, 2.75) is 0 Å². The molecule has 2 nitrogen and oxygen atoms in total. The Labute approximate surface area is 73.7 Å². The Kier molecular flexibility index (Phi) is 4.26. The second-order valence-corrected chi connectivity index (χ2v) is 4.26. The van der Waals surface area contributed by atoms with Gasteiger partial charge in [0.1, 0.15) is 0 Å². The lowest BCUT2D eigenvalue weighted by Gasteiger charge is -2.31. The number of hydrogen-bond acceptors (Lipinski definition) is 3. The van der Waals surface area contributed by atoms with Crippen LogP contribution in [0.5, 0.6) is 0 Å². The van der Waals surface area contributed by atoms with E-state index in [2.05, 4.69) is 23.5 Å². The first kappa shape index (κ1) is 9.36. The molecule has 0 bridgehead atoms. The molecule has 0 atom stereocenters. The lowest BCUT2D eigenvalue weighted by atomic mass is 10.0. The Morgan fingerprint density at radius 2 is 2.27 bits per heavy atom. The predicted octanol–water partition coefficient (Wildman–Crippen LogP) is 0.501. The third-order valence-corrected chi connectivity index (χ3v) is 2.70. The molecule has 1 aliphatic rings.